The van der Waals surface area contributed by atoms with E-state index >= 15 is 0 Å². The number of anilines is 1. The number of nitrogens with one attached hydrogen (secondary N) is 1. The van der Waals surface area contributed by atoms with E-state index in [-0.39, 0.29) is 24.3 Å². The molecule has 2 amide bonds. The van der Waals surface area contributed by atoms with E-state index in [1.807, 2.05) is 60.7 Å². The molecule has 0 spiro atoms. The van der Waals surface area contributed by atoms with E-state index < -0.39 is 0 Å². The number of hydrogen-bond donors (Lipinski definition) is 1. The fourth-order valence-electron chi connectivity index (χ4n) is 3.23. The first kappa shape index (κ1) is 18.1. The second kappa shape index (κ2) is 7.74. The molecule has 1 aliphatic rings. The molecular weight excluding hydrogens is 372 g/mol. The summed E-state index contributed by atoms with van der Waals surface area (Å²) in [6.45, 7) is 1.50. The Labute approximate surface area is 166 Å². The Bertz CT molecular complexity index is 1050. The van der Waals surface area contributed by atoms with Crippen LogP contribution in [0.3, 0.4) is 0 Å². The van der Waals surface area contributed by atoms with Crippen LogP contribution in [0.15, 0.2) is 60.8 Å². The minimum Gasteiger partial charge on any atom is -0.311 e. The van der Waals surface area contributed by atoms with Gasteiger partial charge in [0.05, 0.1) is 12.5 Å². The molecule has 0 aliphatic carbocycles. The zero-order chi connectivity index (χ0) is 19.5. The van der Waals surface area contributed by atoms with Crippen molar-refractivity contribution in [2.75, 3.05) is 5.32 Å². The van der Waals surface area contributed by atoms with Crippen molar-refractivity contribution >= 4 is 34.4 Å². The molecule has 4 rings (SSSR count). The largest absolute Gasteiger partial charge is 0.311 e. The molecule has 1 N–H and O–H groups in total. The zero-order valence-corrected chi connectivity index (χ0v) is 16.0. The molecule has 0 saturated heterocycles. The lowest BCUT2D eigenvalue weighted by molar-refractivity contribution is -0.129. The monoisotopic (exact) mass is 390 g/mol. The molecule has 140 valence electrons. The highest BCUT2D eigenvalue weighted by atomic mass is 32.1. The second-order valence-electron chi connectivity index (χ2n) is 6.42. The van der Waals surface area contributed by atoms with Gasteiger partial charge < -0.3 is 10.2 Å². The minimum atomic E-state index is -0.347. The molecule has 28 heavy (non-hydrogen) atoms. The summed E-state index contributed by atoms with van der Waals surface area (Å²) in [7, 11) is 0. The van der Waals surface area contributed by atoms with Gasteiger partial charge in [-0.25, -0.2) is 0 Å². The molecule has 2 heterocycles. The van der Waals surface area contributed by atoms with Crippen molar-refractivity contribution in [3.63, 3.8) is 0 Å². The van der Waals surface area contributed by atoms with Gasteiger partial charge in [0.25, 0.3) is 0 Å². The fraction of sp³-hybridized carbons (Fsp3) is 0.143. The van der Waals surface area contributed by atoms with Crippen molar-refractivity contribution in [2.24, 2.45) is 0 Å². The van der Waals surface area contributed by atoms with Crippen LogP contribution < -0.4 is 5.32 Å². The Kier molecular flexibility index (Phi) is 4.99. The van der Waals surface area contributed by atoms with Gasteiger partial charge in [0.1, 0.15) is 5.01 Å². The van der Waals surface area contributed by atoms with Crippen LogP contribution in [-0.2, 0) is 9.59 Å². The number of carbonyl (C=O) groups excluding carboxylic acids is 2. The molecule has 0 unspecified atom stereocenters. The van der Waals surface area contributed by atoms with Crippen LogP contribution in [0, 0.1) is 0 Å². The Morgan fingerprint density at radius 2 is 1.82 bits per heavy atom. The van der Waals surface area contributed by atoms with Gasteiger partial charge in [-0.15, -0.1) is 10.2 Å². The van der Waals surface area contributed by atoms with Crippen LogP contribution in [0.2, 0.25) is 0 Å². The first-order valence-corrected chi connectivity index (χ1v) is 9.68. The van der Waals surface area contributed by atoms with Crippen LogP contribution in [0.4, 0.5) is 5.13 Å². The molecule has 1 aliphatic heterocycles. The van der Waals surface area contributed by atoms with E-state index in [9.17, 15) is 9.59 Å². The van der Waals surface area contributed by atoms with E-state index in [1.54, 1.807) is 11.1 Å². The Morgan fingerprint density at radius 3 is 2.61 bits per heavy atom. The number of rotatable bonds is 4. The summed E-state index contributed by atoms with van der Waals surface area (Å²) < 4.78 is 0. The summed E-state index contributed by atoms with van der Waals surface area (Å²) in [5, 5.41) is 12.2. The summed E-state index contributed by atoms with van der Waals surface area (Å²) in [5.74, 6) is -0.317. The summed E-state index contributed by atoms with van der Waals surface area (Å²) >= 11 is 1.32. The average molecular weight is 390 g/mol. The molecule has 1 atom stereocenters. The van der Waals surface area contributed by atoms with Crippen molar-refractivity contribution in [1.82, 2.24) is 15.1 Å². The number of carbonyl (C=O) groups is 2. The molecular formula is C21H18N4O2S. The maximum atomic E-state index is 12.7. The van der Waals surface area contributed by atoms with Crippen LogP contribution in [0.1, 0.15) is 30.5 Å². The third kappa shape index (κ3) is 3.70. The van der Waals surface area contributed by atoms with Gasteiger partial charge in [0.15, 0.2) is 0 Å². The first-order valence-electron chi connectivity index (χ1n) is 8.86. The Hall–Kier alpha value is -3.32. The normalized spacial score (nSPS) is 15.2. The van der Waals surface area contributed by atoms with E-state index in [1.165, 1.54) is 18.3 Å². The van der Waals surface area contributed by atoms with Gasteiger partial charge in [-0.3, -0.25) is 9.59 Å². The maximum absolute atomic E-state index is 12.7. The minimum absolute atomic E-state index is 0.106. The summed E-state index contributed by atoms with van der Waals surface area (Å²) in [5.41, 5.74) is 2.92. The molecule has 6 nitrogen and oxygen atoms in total. The van der Waals surface area contributed by atoms with Gasteiger partial charge in [0, 0.05) is 18.7 Å². The first-order chi connectivity index (χ1) is 13.6. The lowest BCUT2D eigenvalue weighted by Gasteiger charge is -2.32. The second-order valence-corrected chi connectivity index (χ2v) is 7.39. The predicted octanol–water partition coefficient (Wildman–Crippen LogP) is 4.11. The van der Waals surface area contributed by atoms with Crippen molar-refractivity contribution < 1.29 is 9.59 Å². The number of amides is 2. The molecule has 7 heteroatoms. The highest BCUT2D eigenvalue weighted by molar-refractivity contribution is 7.18. The van der Waals surface area contributed by atoms with E-state index in [0.29, 0.717) is 5.13 Å². The van der Waals surface area contributed by atoms with Crippen LogP contribution in [-0.4, -0.2) is 26.9 Å². The molecule has 3 aromatic rings. The van der Waals surface area contributed by atoms with E-state index in [2.05, 4.69) is 15.5 Å². The van der Waals surface area contributed by atoms with Gasteiger partial charge >= 0.3 is 0 Å². The third-order valence-electron chi connectivity index (χ3n) is 4.54. The zero-order valence-electron chi connectivity index (χ0n) is 15.2. The lowest BCUT2D eigenvalue weighted by atomic mass is 9.93. The molecule has 0 radical (unpaired) electrons. The number of benzene rings is 2. The molecule has 0 saturated carbocycles. The van der Waals surface area contributed by atoms with Crippen molar-refractivity contribution in [1.29, 1.82) is 0 Å². The summed E-state index contributed by atoms with van der Waals surface area (Å²) in [6.07, 6.45) is 3.77. The third-order valence-corrected chi connectivity index (χ3v) is 5.43. The van der Waals surface area contributed by atoms with Crippen molar-refractivity contribution in [3.05, 3.63) is 71.9 Å². The fourth-order valence-corrected chi connectivity index (χ4v) is 4.00. The van der Waals surface area contributed by atoms with Crippen molar-refractivity contribution in [2.45, 2.75) is 19.4 Å². The number of aromatic nitrogens is 2. The molecule has 0 fully saturated rings. The van der Waals surface area contributed by atoms with Crippen LogP contribution in [0.5, 0.6) is 0 Å². The summed E-state index contributed by atoms with van der Waals surface area (Å²) in [6, 6.07) is 17.1. The number of hydrogen-bond acceptors (Lipinski definition) is 5. The number of fused-ring (bicyclic) bond motifs is 1. The average Bonchev–Trinajstić information content (AvgIpc) is 3.17. The lowest BCUT2D eigenvalue weighted by Crippen LogP contribution is -2.33. The van der Waals surface area contributed by atoms with Gasteiger partial charge in [0.2, 0.25) is 16.9 Å². The molecule has 0 bridgehead atoms. The van der Waals surface area contributed by atoms with Gasteiger partial charge in [-0.1, -0.05) is 65.9 Å². The maximum Gasteiger partial charge on any atom is 0.228 e. The standard InChI is InChI=1S/C21H18N4O2S/c1-14(26)25-12-11-15-7-5-6-10-17(15)18(25)13-19(27)22-21-24-23-20(28-21)16-8-3-2-4-9-16/h2-12,18H,13H2,1H3,(H,22,24,27)/t18-/m0/s1. The quantitative estimate of drug-likeness (QED) is 0.727. The smallest absolute Gasteiger partial charge is 0.228 e. The predicted molar refractivity (Wildman–Crippen MR) is 109 cm³/mol. The van der Waals surface area contributed by atoms with Gasteiger partial charge in [-0.2, -0.15) is 0 Å². The molecule has 2 aromatic carbocycles. The SMILES string of the molecule is CC(=O)N1C=Cc2ccccc2[C@@H]1CC(=O)Nc1nnc(-c2ccccc2)s1. The Morgan fingerprint density at radius 1 is 1.07 bits per heavy atom. The highest BCUT2D eigenvalue weighted by Crippen LogP contribution is 2.33. The van der Waals surface area contributed by atoms with E-state index in [4.69, 9.17) is 0 Å². The van der Waals surface area contributed by atoms with E-state index in [0.717, 1.165) is 21.7 Å². The molecule has 1 aromatic heterocycles. The highest BCUT2D eigenvalue weighted by Gasteiger charge is 2.28. The topological polar surface area (TPSA) is 75.2 Å². The number of nitrogens with zero attached hydrogens (tertiary/aromatic N) is 3. The van der Waals surface area contributed by atoms with Crippen molar-refractivity contribution in [3.8, 4) is 10.6 Å². The van der Waals surface area contributed by atoms with Crippen LogP contribution >= 0.6 is 11.3 Å². The van der Waals surface area contributed by atoms with Gasteiger partial charge in [-0.05, 0) is 17.2 Å². The summed E-state index contributed by atoms with van der Waals surface area (Å²) in [4.78, 5) is 26.3. The Balaban J connectivity index is 1.51. The van der Waals surface area contributed by atoms with Crippen LogP contribution in [0.25, 0.3) is 16.6 Å².